The number of phenols is 1. The first-order valence-corrected chi connectivity index (χ1v) is 10.8. The highest BCUT2D eigenvalue weighted by Gasteiger charge is 2.27. The number of carbonyl (C=O) groups excluding carboxylic acids is 1. The van der Waals surface area contributed by atoms with E-state index in [0.717, 1.165) is 36.8 Å². The van der Waals surface area contributed by atoms with Crippen LogP contribution in [0.3, 0.4) is 0 Å². The Balaban J connectivity index is 1.33. The predicted molar refractivity (Wildman–Crippen MR) is 122 cm³/mol. The van der Waals surface area contributed by atoms with Crippen LogP contribution in [0, 0.1) is 5.92 Å². The molecule has 9 nitrogen and oxygen atoms in total. The molecule has 3 aromatic rings. The first-order chi connectivity index (χ1) is 15.6. The number of para-hydroxylation sites is 1. The molecule has 2 heterocycles. The predicted octanol–water partition coefficient (Wildman–Crippen LogP) is 2.97. The number of rotatable bonds is 7. The van der Waals surface area contributed by atoms with Gasteiger partial charge in [-0.05, 0) is 43.9 Å². The maximum Gasteiger partial charge on any atom is 0.228 e. The van der Waals surface area contributed by atoms with Crippen LogP contribution in [0.15, 0.2) is 48.8 Å². The normalized spacial score (nSPS) is 18.0. The summed E-state index contributed by atoms with van der Waals surface area (Å²) in [6.45, 7) is 0.332. The molecule has 1 aliphatic carbocycles. The highest BCUT2D eigenvalue weighted by Crippen LogP contribution is 2.27. The average molecular weight is 434 g/mol. The van der Waals surface area contributed by atoms with Gasteiger partial charge < -0.3 is 21.1 Å². The Morgan fingerprint density at radius 3 is 2.53 bits per heavy atom. The van der Waals surface area contributed by atoms with Gasteiger partial charge in [0.2, 0.25) is 17.8 Å². The SMILES string of the molecule is CNc1nc(NC2CCC(C(=O)NCc3ccccc3O)CC2)nc(-c2cccnc2)n1. The van der Waals surface area contributed by atoms with Crippen molar-refractivity contribution in [1.29, 1.82) is 0 Å². The molecule has 0 unspecified atom stereocenters. The standard InChI is InChI=1S/C23H27N7O2/c1-24-22-28-20(17-6-4-12-25-13-17)29-23(30-22)27-18-10-8-15(9-11-18)21(32)26-14-16-5-2-3-7-19(16)31/h2-7,12-13,15,18,31H,8-11,14H2,1H3,(H,26,32)(H2,24,27,28,29,30). The molecule has 0 saturated heterocycles. The second-order valence-electron chi connectivity index (χ2n) is 7.84. The molecular formula is C23H27N7O2. The van der Waals surface area contributed by atoms with Crippen molar-refractivity contribution in [2.75, 3.05) is 17.7 Å². The maximum absolute atomic E-state index is 12.6. The molecule has 4 N–H and O–H groups in total. The minimum atomic E-state index is -0.0314. The molecule has 1 aromatic carbocycles. The summed E-state index contributed by atoms with van der Waals surface area (Å²) in [4.78, 5) is 30.1. The summed E-state index contributed by atoms with van der Waals surface area (Å²) in [6, 6.07) is 11.0. The Morgan fingerprint density at radius 2 is 1.81 bits per heavy atom. The van der Waals surface area contributed by atoms with E-state index < -0.39 is 0 Å². The fourth-order valence-electron chi connectivity index (χ4n) is 3.85. The van der Waals surface area contributed by atoms with E-state index in [2.05, 4.69) is 35.9 Å². The lowest BCUT2D eigenvalue weighted by Crippen LogP contribution is -2.35. The van der Waals surface area contributed by atoms with Crippen LogP contribution in [0.2, 0.25) is 0 Å². The van der Waals surface area contributed by atoms with Crippen LogP contribution in [0.1, 0.15) is 31.2 Å². The zero-order valence-corrected chi connectivity index (χ0v) is 18.0. The van der Waals surface area contributed by atoms with Crippen LogP contribution < -0.4 is 16.0 Å². The zero-order valence-electron chi connectivity index (χ0n) is 18.0. The van der Waals surface area contributed by atoms with Gasteiger partial charge in [0.05, 0.1) is 0 Å². The molecule has 0 bridgehead atoms. The number of amides is 1. The van der Waals surface area contributed by atoms with Crippen LogP contribution in [0.5, 0.6) is 5.75 Å². The van der Waals surface area contributed by atoms with Gasteiger partial charge in [0.25, 0.3) is 0 Å². The largest absolute Gasteiger partial charge is 0.508 e. The molecule has 9 heteroatoms. The molecule has 4 rings (SSSR count). The van der Waals surface area contributed by atoms with Gasteiger partial charge in [-0.25, -0.2) is 0 Å². The van der Waals surface area contributed by atoms with Gasteiger partial charge in [-0.2, -0.15) is 15.0 Å². The number of hydrogen-bond acceptors (Lipinski definition) is 8. The number of benzene rings is 1. The molecule has 2 aromatic heterocycles. The number of hydrogen-bond donors (Lipinski definition) is 4. The lowest BCUT2D eigenvalue weighted by Gasteiger charge is -2.28. The lowest BCUT2D eigenvalue weighted by atomic mass is 9.85. The lowest BCUT2D eigenvalue weighted by molar-refractivity contribution is -0.126. The van der Waals surface area contributed by atoms with Gasteiger partial charge in [0.15, 0.2) is 5.82 Å². The van der Waals surface area contributed by atoms with Crippen molar-refractivity contribution in [2.45, 2.75) is 38.3 Å². The third-order valence-corrected chi connectivity index (χ3v) is 5.65. The summed E-state index contributed by atoms with van der Waals surface area (Å²) in [5.74, 6) is 1.75. The minimum Gasteiger partial charge on any atom is -0.508 e. The number of phenolic OH excluding ortho intramolecular Hbond substituents is 1. The van der Waals surface area contributed by atoms with E-state index in [-0.39, 0.29) is 23.6 Å². The quantitative estimate of drug-likeness (QED) is 0.448. The topological polar surface area (TPSA) is 125 Å². The summed E-state index contributed by atoms with van der Waals surface area (Å²) in [7, 11) is 1.77. The first-order valence-electron chi connectivity index (χ1n) is 10.8. The fourth-order valence-corrected chi connectivity index (χ4v) is 3.85. The van der Waals surface area contributed by atoms with E-state index in [4.69, 9.17) is 0 Å². The van der Waals surface area contributed by atoms with Gasteiger partial charge in [-0.1, -0.05) is 18.2 Å². The fraction of sp³-hybridized carbons (Fsp3) is 0.348. The summed E-state index contributed by atoms with van der Waals surface area (Å²) >= 11 is 0. The number of nitrogens with zero attached hydrogens (tertiary/aromatic N) is 4. The van der Waals surface area contributed by atoms with Crippen LogP contribution in [0.4, 0.5) is 11.9 Å². The number of anilines is 2. The van der Waals surface area contributed by atoms with Crippen molar-refractivity contribution in [3.05, 3.63) is 54.4 Å². The number of aromatic hydroxyl groups is 1. The van der Waals surface area contributed by atoms with Crippen molar-refractivity contribution in [1.82, 2.24) is 25.3 Å². The highest BCUT2D eigenvalue weighted by atomic mass is 16.3. The van der Waals surface area contributed by atoms with Crippen molar-refractivity contribution in [3.8, 4) is 17.1 Å². The summed E-state index contributed by atoms with van der Waals surface area (Å²) in [5.41, 5.74) is 1.54. The molecule has 0 aliphatic heterocycles. The van der Waals surface area contributed by atoms with Gasteiger partial charge in [0, 0.05) is 49.1 Å². The third kappa shape index (κ3) is 5.29. The van der Waals surface area contributed by atoms with Crippen molar-refractivity contribution in [3.63, 3.8) is 0 Å². The number of nitrogens with one attached hydrogen (secondary N) is 3. The second-order valence-corrected chi connectivity index (χ2v) is 7.84. The van der Waals surface area contributed by atoms with Crippen molar-refractivity contribution < 1.29 is 9.90 Å². The Labute approximate surface area is 186 Å². The summed E-state index contributed by atoms with van der Waals surface area (Å²) in [6.07, 6.45) is 6.68. The van der Waals surface area contributed by atoms with Crippen LogP contribution >= 0.6 is 0 Å². The average Bonchev–Trinajstić information content (AvgIpc) is 2.84. The molecule has 1 aliphatic rings. The van der Waals surface area contributed by atoms with E-state index >= 15 is 0 Å². The maximum atomic E-state index is 12.6. The Kier molecular flexibility index (Phi) is 6.74. The Hall–Kier alpha value is -3.75. The Morgan fingerprint density at radius 1 is 1.03 bits per heavy atom. The minimum absolute atomic E-state index is 0.0307. The molecule has 0 spiro atoms. The zero-order chi connectivity index (χ0) is 22.3. The second kappa shape index (κ2) is 10.0. The molecule has 32 heavy (non-hydrogen) atoms. The number of aromatic nitrogens is 4. The monoisotopic (exact) mass is 433 g/mol. The van der Waals surface area contributed by atoms with Crippen LogP contribution in [-0.4, -0.2) is 44.0 Å². The summed E-state index contributed by atoms with van der Waals surface area (Å²) in [5, 5.41) is 19.2. The number of pyridine rings is 1. The molecule has 1 fully saturated rings. The van der Waals surface area contributed by atoms with Gasteiger partial charge in [-0.15, -0.1) is 0 Å². The first kappa shape index (κ1) is 21.5. The van der Waals surface area contributed by atoms with Crippen LogP contribution in [-0.2, 0) is 11.3 Å². The smallest absolute Gasteiger partial charge is 0.228 e. The van der Waals surface area contributed by atoms with E-state index in [1.807, 2.05) is 24.3 Å². The molecule has 0 radical (unpaired) electrons. The Bertz CT molecular complexity index is 1050. The summed E-state index contributed by atoms with van der Waals surface area (Å²) < 4.78 is 0. The molecule has 1 saturated carbocycles. The molecular weight excluding hydrogens is 406 g/mol. The molecule has 0 atom stereocenters. The van der Waals surface area contributed by atoms with Crippen LogP contribution in [0.25, 0.3) is 11.4 Å². The van der Waals surface area contributed by atoms with Crippen molar-refractivity contribution >= 4 is 17.8 Å². The van der Waals surface area contributed by atoms with Crippen molar-refractivity contribution in [2.24, 2.45) is 5.92 Å². The molecule has 166 valence electrons. The van der Waals surface area contributed by atoms with Gasteiger partial charge >= 0.3 is 0 Å². The van der Waals surface area contributed by atoms with Gasteiger partial charge in [-0.3, -0.25) is 9.78 Å². The number of carbonyl (C=O) groups is 1. The molecule has 1 amide bonds. The third-order valence-electron chi connectivity index (χ3n) is 5.65. The van der Waals surface area contributed by atoms with E-state index in [1.54, 1.807) is 31.6 Å². The van der Waals surface area contributed by atoms with Gasteiger partial charge in [0.1, 0.15) is 5.75 Å². The highest BCUT2D eigenvalue weighted by molar-refractivity contribution is 5.78. The van der Waals surface area contributed by atoms with E-state index in [1.165, 1.54) is 0 Å². The van der Waals surface area contributed by atoms with E-state index in [0.29, 0.717) is 24.3 Å². The van der Waals surface area contributed by atoms with E-state index in [9.17, 15) is 9.90 Å².